The Kier molecular flexibility index (Phi) is 7.90. The Morgan fingerprint density at radius 1 is 0.968 bits per heavy atom. The van der Waals surface area contributed by atoms with E-state index in [-0.39, 0.29) is 18.2 Å². The molecule has 0 heterocycles. The SMILES string of the molecule is C=C/C=C(\C(=C/C)COCc1cc(C(F)(F)F)cc(C(F)(F)F)c1)c1ccccc1C. The summed E-state index contributed by atoms with van der Waals surface area (Å²) in [4.78, 5) is 0. The van der Waals surface area contributed by atoms with Crippen molar-refractivity contribution in [3.05, 3.63) is 101 Å². The molecule has 0 bridgehead atoms. The number of ether oxygens (including phenoxy) is 1. The van der Waals surface area contributed by atoms with Crippen molar-refractivity contribution in [2.24, 2.45) is 0 Å². The molecule has 31 heavy (non-hydrogen) atoms. The van der Waals surface area contributed by atoms with Gasteiger partial charge in [-0.3, -0.25) is 0 Å². The van der Waals surface area contributed by atoms with Crippen LogP contribution in [0, 0.1) is 6.92 Å². The molecule has 0 radical (unpaired) electrons. The van der Waals surface area contributed by atoms with Crippen LogP contribution in [0.3, 0.4) is 0 Å². The van der Waals surface area contributed by atoms with Crippen LogP contribution in [0.15, 0.2) is 72.8 Å². The first-order valence-electron chi connectivity index (χ1n) is 9.37. The van der Waals surface area contributed by atoms with Crippen LogP contribution in [0.5, 0.6) is 0 Å². The first-order valence-corrected chi connectivity index (χ1v) is 9.37. The Morgan fingerprint density at radius 3 is 2.03 bits per heavy atom. The normalized spacial score (nSPS) is 13.4. The molecule has 0 saturated carbocycles. The van der Waals surface area contributed by atoms with E-state index in [0.29, 0.717) is 12.1 Å². The van der Waals surface area contributed by atoms with Gasteiger partial charge in [0.2, 0.25) is 0 Å². The second-order valence-corrected chi connectivity index (χ2v) is 6.85. The van der Waals surface area contributed by atoms with Crippen molar-refractivity contribution in [3.63, 3.8) is 0 Å². The molecule has 2 aromatic carbocycles. The number of rotatable bonds is 7. The molecule has 0 atom stereocenters. The number of benzene rings is 2. The van der Waals surface area contributed by atoms with Crippen molar-refractivity contribution in [1.82, 2.24) is 0 Å². The Morgan fingerprint density at radius 2 is 1.55 bits per heavy atom. The Hall–Kier alpha value is -2.80. The van der Waals surface area contributed by atoms with E-state index >= 15 is 0 Å². The first-order chi connectivity index (χ1) is 14.5. The maximum atomic E-state index is 13.0. The minimum absolute atomic E-state index is 0.00209. The lowest BCUT2D eigenvalue weighted by molar-refractivity contribution is -0.143. The van der Waals surface area contributed by atoms with Crippen molar-refractivity contribution in [3.8, 4) is 0 Å². The predicted molar refractivity (Wildman–Crippen MR) is 109 cm³/mol. The second-order valence-electron chi connectivity index (χ2n) is 6.85. The van der Waals surface area contributed by atoms with Gasteiger partial charge in [0.1, 0.15) is 0 Å². The number of hydrogen-bond acceptors (Lipinski definition) is 1. The third-order valence-corrected chi connectivity index (χ3v) is 4.59. The molecule has 2 aromatic rings. The molecular formula is C24H22F6O. The summed E-state index contributed by atoms with van der Waals surface area (Å²) in [6.45, 7) is 7.02. The monoisotopic (exact) mass is 440 g/mol. The minimum atomic E-state index is -4.89. The van der Waals surface area contributed by atoms with E-state index in [1.165, 1.54) is 0 Å². The average Bonchev–Trinajstić information content (AvgIpc) is 2.69. The van der Waals surface area contributed by atoms with Crippen LogP contribution in [-0.4, -0.2) is 6.61 Å². The molecule has 0 fully saturated rings. The van der Waals surface area contributed by atoms with Gasteiger partial charge in [-0.1, -0.05) is 49.1 Å². The third kappa shape index (κ3) is 6.59. The highest BCUT2D eigenvalue weighted by Gasteiger charge is 2.36. The maximum absolute atomic E-state index is 13.0. The van der Waals surface area contributed by atoms with Gasteiger partial charge in [-0.05, 0) is 59.9 Å². The van der Waals surface area contributed by atoms with E-state index < -0.39 is 30.1 Å². The number of halogens is 6. The molecule has 7 heteroatoms. The molecule has 0 aliphatic heterocycles. The zero-order valence-electron chi connectivity index (χ0n) is 17.1. The highest BCUT2D eigenvalue weighted by molar-refractivity contribution is 5.81. The fourth-order valence-corrected chi connectivity index (χ4v) is 3.06. The number of allylic oxidation sites excluding steroid dienone is 3. The Bertz CT molecular complexity index is 948. The Labute approximate surface area is 177 Å². The van der Waals surface area contributed by atoms with Gasteiger partial charge in [-0.2, -0.15) is 26.3 Å². The van der Waals surface area contributed by atoms with Crippen molar-refractivity contribution in [2.45, 2.75) is 32.8 Å². The molecule has 0 unspecified atom stereocenters. The van der Waals surface area contributed by atoms with E-state index in [4.69, 9.17) is 4.74 Å². The molecule has 0 aromatic heterocycles. The third-order valence-electron chi connectivity index (χ3n) is 4.59. The summed E-state index contributed by atoms with van der Waals surface area (Å²) in [6, 6.07) is 9.05. The van der Waals surface area contributed by atoms with Crippen LogP contribution >= 0.6 is 0 Å². The molecule has 1 nitrogen and oxygen atoms in total. The smallest absolute Gasteiger partial charge is 0.372 e. The predicted octanol–water partition coefficient (Wildman–Crippen LogP) is 7.77. The summed E-state index contributed by atoms with van der Waals surface area (Å²) < 4.78 is 83.7. The van der Waals surface area contributed by atoms with E-state index in [9.17, 15) is 26.3 Å². The lowest BCUT2D eigenvalue weighted by atomic mass is 9.94. The molecule has 0 amide bonds. The van der Waals surface area contributed by atoms with Gasteiger partial charge in [0.25, 0.3) is 0 Å². The van der Waals surface area contributed by atoms with Crippen LogP contribution in [-0.2, 0) is 23.7 Å². The Balaban J connectivity index is 2.25. The van der Waals surface area contributed by atoms with Gasteiger partial charge in [-0.15, -0.1) is 0 Å². The van der Waals surface area contributed by atoms with Gasteiger partial charge < -0.3 is 4.74 Å². The van der Waals surface area contributed by atoms with Crippen LogP contribution in [0.2, 0.25) is 0 Å². The fraction of sp³-hybridized carbons (Fsp3) is 0.250. The molecule has 0 N–H and O–H groups in total. The number of aryl methyl sites for hydroxylation is 1. The molecule has 2 rings (SSSR count). The number of hydrogen-bond donors (Lipinski definition) is 0. The molecule has 0 saturated heterocycles. The summed E-state index contributed by atoms with van der Waals surface area (Å²) in [7, 11) is 0. The summed E-state index contributed by atoms with van der Waals surface area (Å²) in [5, 5.41) is 0. The van der Waals surface area contributed by atoms with Crippen molar-refractivity contribution in [2.75, 3.05) is 6.61 Å². The zero-order chi connectivity index (χ0) is 23.2. The van der Waals surface area contributed by atoms with Crippen LogP contribution < -0.4 is 0 Å². The zero-order valence-corrected chi connectivity index (χ0v) is 17.1. The van der Waals surface area contributed by atoms with Gasteiger partial charge in [-0.25, -0.2) is 0 Å². The topological polar surface area (TPSA) is 9.23 Å². The minimum Gasteiger partial charge on any atom is -0.372 e. The standard InChI is InChI=1S/C24H22F6O/c1-4-8-22(21-10-7-6-9-16(21)3)18(5-2)15-31-14-17-11-19(23(25,26)27)13-20(12-17)24(28,29)30/h4-13H,1,14-15H2,2-3H3/b18-5-,22-8+. The van der Waals surface area contributed by atoms with Gasteiger partial charge >= 0.3 is 12.4 Å². The molecule has 0 aliphatic carbocycles. The highest BCUT2D eigenvalue weighted by Crippen LogP contribution is 2.36. The van der Waals surface area contributed by atoms with E-state index in [1.807, 2.05) is 31.2 Å². The summed E-state index contributed by atoms with van der Waals surface area (Å²) >= 11 is 0. The van der Waals surface area contributed by atoms with Crippen LogP contribution in [0.4, 0.5) is 26.3 Å². The van der Waals surface area contributed by atoms with E-state index in [0.717, 1.165) is 22.3 Å². The van der Waals surface area contributed by atoms with Gasteiger partial charge in [0.05, 0.1) is 24.3 Å². The van der Waals surface area contributed by atoms with Gasteiger partial charge in [0.15, 0.2) is 0 Å². The fourth-order valence-electron chi connectivity index (χ4n) is 3.06. The van der Waals surface area contributed by atoms with E-state index in [2.05, 4.69) is 6.58 Å². The molecule has 0 aliphatic rings. The summed E-state index contributed by atoms with van der Waals surface area (Å²) in [5.74, 6) is 0. The number of alkyl halides is 6. The van der Waals surface area contributed by atoms with Crippen LogP contribution in [0.1, 0.15) is 34.7 Å². The highest BCUT2D eigenvalue weighted by atomic mass is 19.4. The van der Waals surface area contributed by atoms with Crippen molar-refractivity contribution in [1.29, 1.82) is 0 Å². The van der Waals surface area contributed by atoms with Crippen molar-refractivity contribution < 1.29 is 31.1 Å². The quantitative estimate of drug-likeness (QED) is 0.316. The molecule has 0 spiro atoms. The van der Waals surface area contributed by atoms with Crippen LogP contribution in [0.25, 0.3) is 5.57 Å². The van der Waals surface area contributed by atoms with Gasteiger partial charge in [0, 0.05) is 0 Å². The second kappa shape index (κ2) is 10.0. The first kappa shape index (κ1) is 24.5. The largest absolute Gasteiger partial charge is 0.416 e. The summed E-state index contributed by atoms with van der Waals surface area (Å²) in [6.07, 6.45) is -4.61. The summed E-state index contributed by atoms with van der Waals surface area (Å²) in [5.41, 5.74) is 0.550. The molecule has 166 valence electrons. The maximum Gasteiger partial charge on any atom is 0.416 e. The average molecular weight is 440 g/mol. The van der Waals surface area contributed by atoms with E-state index in [1.54, 1.807) is 25.2 Å². The van der Waals surface area contributed by atoms with Crippen molar-refractivity contribution >= 4 is 5.57 Å². The lowest BCUT2D eigenvalue weighted by Gasteiger charge is -2.16. The molecular weight excluding hydrogens is 418 g/mol. The lowest BCUT2D eigenvalue weighted by Crippen LogP contribution is -2.12.